The second-order valence-corrected chi connectivity index (χ2v) is 5.37. The number of halogens is 1. The van der Waals surface area contributed by atoms with Crippen molar-refractivity contribution in [2.75, 3.05) is 13.7 Å². The molecule has 0 spiro atoms. The third-order valence-electron chi connectivity index (χ3n) is 3.09. The van der Waals surface area contributed by atoms with Crippen molar-refractivity contribution in [2.45, 2.75) is 19.6 Å². The number of benzene rings is 1. The summed E-state index contributed by atoms with van der Waals surface area (Å²) in [7, 11) is 1.44. The third-order valence-corrected chi connectivity index (χ3v) is 3.39. The van der Waals surface area contributed by atoms with Crippen molar-refractivity contribution >= 4 is 23.5 Å². The van der Waals surface area contributed by atoms with Gasteiger partial charge in [-0.1, -0.05) is 22.8 Å². The number of amides is 1. The van der Waals surface area contributed by atoms with Gasteiger partial charge in [-0.2, -0.15) is 4.98 Å². The Morgan fingerprint density at radius 3 is 2.76 bits per heavy atom. The Morgan fingerprint density at radius 2 is 2.20 bits per heavy atom. The average molecular weight is 370 g/mol. The SMILES string of the molecule is COc1ccc(C(NC(=O)COCc2nc(C)no2)C(=O)O)cc1Cl. The second kappa shape index (κ2) is 8.45. The van der Waals surface area contributed by atoms with Crippen molar-refractivity contribution in [3.63, 3.8) is 0 Å². The Morgan fingerprint density at radius 1 is 1.44 bits per heavy atom. The Bertz CT molecular complexity index is 763. The van der Waals surface area contributed by atoms with Gasteiger partial charge in [-0.3, -0.25) is 4.79 Å². The fourth-order valence-electron chi connectivity index (χ4n) is 1.98. The van der Waals surface area contributed by atoms with E-state index in [1.54, 1.807) is 6.92 Å². The Balaban J connectivity index is 1.95. The van der Waals surface area contributed by atoms with Crippen LogP contribution in [0, 0.1) is 6.92 Å². The van der Waals surface area contributed by atoms with E-state index in [0.29, 0.717) is 17.1 Å². The maximum absolute atomic E-state index is 11.9. The van der Waals surface area contributed by atoms with E-state index in [2.05, 4.69) is 15.5 Å². The smallest absolute Gasteiger partial charge is 0.330 e. The molecule has 2 rings (SSSR count). The summed E-state index contributed by atoms with van der Waals surface area (Å²) in [5.74, 6) is -0.774. The molecule has 25 heavy (non-hydrogen) atoms. The molecule has 1 atom stereocenters. The Kier molecular flexibility index (Phi) is 6.31. The van der Waals surface area contributed by atoms with Gasteiger partial charge in [0.25, 0.3) is 5.89 Å². The summed E-state index contributed by atoms with van der Waals surface area (Å²) in [5.41, 5.74) is 0.305. The van der Waals surface area contributed by atoms with Crippen LogP contribution in [0.25, 0.3) is 0 Å². The van der Waals surface area contributed by atoms with E-state index < -0.39 is 17.9 Å². The summed E-state index contributed by atoms with van der Waals surface area (Å²) in [5, 5.41) is 15.5. The largest absolute Gasteiger partial charge is 0.495 e. The van der Waals surface area contributed by atoms with Crippen molar-refractivity contribution in [2.24, 2.45) is 0 Å². The monoisotopic (exact) mass is 369 g/mol. The number of hydrogen-bond acceptors (Lipinski definition) is 7. The average Bonchev–Trinajstić information content (AvgIpc) is 2.97. The van der Waals surface area contributed by atoms with E-state index in [1.165, 1.54) is 25.3 Å². The zero-order valence-electron chi connectivity index (χ0n) is 13.5. The normalized spacial score (nSPS) is 11.8. The quantitative estimate of drug-likeness (QED) is 0.717. The molecule has 2 N–H and O–H groups in total. The lowest BCUT2D eigenvalue weighted by atomic mass is 10.1. The molecule has 1 aromatic carbocycles. The molecule has 1 aromatic heterocycles. The number of methoxy groups -OCH3 is 1. The molecule has 0 radical (unpaired) electrons. The summed E-state index contributed by atoms with van der Waals surface area (Å²) < 4.78 is 15.0. The number of nitrogens with zero attached hydrogens (tertiary/aromatic N) is 2. The van der Waals surface area contributed by atoms with Gasteiger partial charge in [0.2, 0.25) is 5.91 Å². The highest BCUT2D eigenvalue weighted by molar-refractivity contribution is 6.32. The van der Waals surface area contributed by atoms with E-state index in [-0.39, 0.29) is 24.1 Å². The summed E-state index contributed by atoms with van der Waals surface area (Å²) in [6.07, 6.45) is 0. The minimum Gasteiger partial charge on any atom is -0.495 e. The number of aromatic nitrogens is 2. The van der Waals surface area contributed by atoms with E-state index in [1.807, 2.05) is 0 Å². The highest BCUT2D eigenvalue weighted by Crippen LogP contribution is 2.27. The van der Waals surface area contributed by atoms with Gasteiger partial charge in [-0.15, -0.1) is 0 Å². The Hall–Kier alpha value is -2.65. The first kappa shape index (κ1) is 18.7. The Labute approximate surface area is 147 Å². The molecule has 1 amide bonds. The number of nitrogens with one attached hydrogen (secondary N) is 1. The van der Waals surface area contributed by atoms with Crippen LogP contribution in [0.3, 0.4) is 0 Å². The van der Waals surface area contributed by atoms with E-state index >= 15 is 0 Å². The number of ether oxygens (including phenoxy) is 2. The summed E-state index contributed by atoms with van der Waals surface area (Å²) in [6.45, 7) is 1.23. The molecule has 0 saturated carbocycles. The summed E-state index contributed by atoms with van der Waals surface area (Å²) >= 11 is 5.99. The van der Waals surface area contributed by atoms with E-state index in [0.717, 1.165) is 0 Å². The van der Waals surface area contributed by atoms with Gasteiger partial charge in [0.15, 0.2) is 11.9 Å². The van der Waals surface area contributed by atoms with Crippen LogP contribution in [-0.2, 0) is 20.9 Å². The highest BCUT2D eigenvalue weighted by Gasteiger charge is 2.23. The van der Waals surface area contributed by atoms with Crippen molar-refractivity contribution < 1.29 is 28.7 Å². The predicted molar refractivity (Wildman–Crippen MR) is 85.2 cm³/mol. The first-order chi connectivity index (χ1) is 11.9. The molecule has 0 aliphatic heterocycles. The van der Waals surface area contributed by atoms with Crippen molar-refractivity contribution in [1.82, 2.24) is 15.5 Å². The number of hydrogen-bond donors (Lipinski definition) is 2. The van der Waals surface area contributed by atoms with Gasteiger partial charge >= 0.3 is 5.97 Å². The molecule has 0 aliphatic carbocycles. The maximum Gasteiger partial charge on any atom is 0.330 e. The molecule has 0 saturated heterocycles. The summed E-state index contributed by atoms with van der Waals surface area (Å²) in [6, 6.07) is 3.17. The van der Waals surface area contributed by atoms with Crippen LogP contribution in [-0.4, -0.2) is 40.8 Å². The molecular weight excluding hydrogens is 354 g/mol. The minimum absolute atomic E-state index is 0.0552. The molecular formula is C15H16ClN3O6. The van der Waals surface area contributed by atoms with Crippen LogP contribution < -0.4 is 10.1 Å². The van der Waals surface area contributed by atoms with E-state index in [4.69, 9.17) is 25.6 Å². The first-order valence-corrected chi connectivity index (χ1v) is 7.51. The lowest BCUT2D eigenvalue weighted by Gasteiger charge is -2.16. The molecule has 0 fully saturated rings. The van der Waals surface area contributed by atoms with Crippen LogP contribution in [0.4, 0.5) is 0 Å². The first-order valence-electron chi connectivity index (χ1n) is 7.13. The van der Waals surface area contributed by atoms with Gasteiger partial charge in [0, 0.05) is 0 Å². The second-order valence-electron chi connectivity index (χ2n) is 4.96. The van der Waals surface area contributed by atoms with Gasteiger partial charge in [0.1, 0.15) is 19.0 Å². The van der Waals surface area contributed by atoms with Crippen LogP contribution in [0.15, 0.2) is 22.7 Å². The molecule has 2 aromatic rings. The number of aryl methyl sites for hydroxylation is 1. The molecule has 1 unspecified atom stereocenters. The number of carboxylic acid groups (broad SMARTS) is 1. The molecule has 1 heterocycles. The lowest BCUT2D eigenvalue weighted by molar-refractivity contribution is -0.142. The maximum atomic E-state index is 11.9. The minimum atomic E-state index is -1.27. The molecule has 0 bridgehead atoms. The molecule has 134 valence electrons. The van der Waals surface area contributed by atoms with Gasteiger partial charge in [0.05, 0.1) is 12.1 Å². The topological polar surface area (TPSA) is 124 Å². The number of aliphatic carboxylic acids is 1. The number of carbonyl (C=O) groups is 2. The number of rotatable bonds is 8. The zero-order valence-corrected chi connectivity index (χ0v) is 14.2. The van der Waals surface area contributed by atoms with Gasteiger partial charge < -0.3 is 24.4 Å². The van der Waals surface area contributed by atoms with Crippen LogP contribution >= 0.6 is 11.6 Å². The van der Waals surface area contributed by atoms with Crippen molar-refractivity contribution in [3.05, 3.63) is 40.5 Å². The van der Waals surface area contributed by atoms with Gasteiger partial charge in [-0.05, 0) is 24.6 Å². The fraction of sp³-hybridized carbons (Fsp3) is 0.333. The van der Waals surface area contributed by atoms with Crippen molar-refractivity contribution in [1.29, 1.82) is 0 Å². The van der Waals surface area contributed by atoms with E-state index in [9.17, 15) is 14.7 Å². The lowest BCUT2D eigenvalue weighted by Crippen LogP contribution is -2.36. The molecule has 10 heteroatoms. The zero-order chi connectivity index (χ0) is 18.4. The summed E-state index contributed by atoms with van der Waals surface area (Å²) in [4.78, 5) is 27.3. The highest BCUT2D eigenvalue weighted by atomic mass is 35.5. The van der Waals surface area contributed by atoms with Crippen molar-refractivity contribution in [3.8, 4) is 5.75 Å². The van der Waals surface area contributed by atoms with Crippen LogP contribution in [0.2, 0.25) is 5.02 Å². The third kappa shape index (κ3) is 5.16. The number of carboxylic acids is 1. The van der Waals surface area contributed by atoms with Gasteiger partial charge in [-0.25, -0.2) is 4.79 Å². The molecule has 0 aliphatic rings. The molecule has 9 nitrogen and oxygen atoms in total. The standard InChI is InChI=1S/C15H16ClN3O6/c1-8-17-13(25-19-8)7-24-6-12(20)18-14(15(21)22)9-3-4-11(23-2)10(16)5-9/h3-5,14H,6-7H2,1-2H3,(H,18,20)(H,21,22). The van der Waals surface area contributed by atoms with Crippen LogP contribution in [0.5, 0.6) is 5.75 Å². The fourth-order valence-corrected chi connectivity index (χ4v) is 2.25. The number of carbonyl (C=O) groups excluding carboxylic acids is 1. The van der Waals surface area contributed by atoms with Crippen LogP contribution in [0.1, 0.15) is 23.3 Å². The predicted octanol–water partition coefficient (Wildman–Crippen LogP) is 1.50.